The maximum Gasteiger partial charge on any atom is -1.00 e. The number of hydrogen-bond donors (Lipinski definition) is 0. The molecule has 0 atom stereocenters. The van der Waals surface area contributed by atoms with Gasteiger partial charge in [0.1, 0.15) is 0 Å². The van der Waals surface area contributed by atoms with Gasteiger partial charge in [0.05, 0.1) is 16.1 Å². The fourth-order valence-electron chi connectivity index (χ4n) is 11.4. The summed E-state index contributed by atoms with van der Waals surface area (Å²) in [6.45, 7) is 24.0. The van der Waals surface area contributed by atoms with Crippen LogP contribution < -0.4 is 35.2 Å². The average Bonchev–Trinajstić information content (AvgIpc) is 3.95. The Labute approximate surface area is 446 Å². The quantitative estimate of drug-likeness (QED) is 0.0947. The SMILES string of the molecule is CCC1(Cc2cc3c(-c4ccc([Si](C)(C)C)cc4)cccc3[cH-]2)CCCCCCCC1.CCC1(Cc2cc3c(-c4ccc([Si](C)(C)C)cc4)cccc3[cH-]2)CCCCCCCC1.C[Si](C)=[Zr+2].[Cl-].[Cl-]. The van der Waals surface area contributed by atoms with E-state index in [1.165, 1.54) is 183 Å². The molecule has 68 heavy (non-hydrogen) atoms. The topological polar surface area (TPSA) is 0 Å². The van der Waals surface area contributed by atoms with Gasteiger partial charge < -0.3 is 24.8 Å². The van der Waals surface area contributed by atoms with Gasteiger partial charge in [0.2, 0.25) is 0 Å². The summed E-state index contributed by atoms with van der Waals surface area (Å²) in [5, 5.41) is 8.78. The van der Waals surface area contributed by atoms with Crippen molar-refractivity contribution in [3.63, 3.8) is 0 Å². The van der Waals surface area contributed by atoms with Crippen molar-refractivity contribution in [3.05, 3.63) is 120 Å². The molecule has 6 aromatic rings. The van der Waals surface area contributed by atoms with E-state index >= 15 is 0 Å². The van der Waals surface area contributed by atoms with Gasteiger partial charge in [0.15, 0.2) is 0 Å². The van der Waals surface area contributed by atoms with E-state index < -0.39 is 16.1 Å². The maximum absolute atomic E-state index is 2.52. The molecule has 0 nitrogen and oxygen atoms in total. The molecule has 6 aromatic carbocycles. The van der Waals surface area contributed by atoms with E-state index in [0.717, 1.165) is 0 Å². The van der Waals surface area contributed by atoms with Crippen LogP contribution in [0.1, 0.15) is 141 Å². The summed E-state index contributed by atoms with van der Waals surface area (Å²) < 4.78 is 0. The van der Waals surface area contributed by atoms with Crippen molar-refractivity contribution in [1.82, 2.24) is 0 Å². The molecule has 0 amide bonds. The van der Waals surface area contributed by atoms with E-state index in [1.807, 2.05) is 0 Å². The van der Waals surface area contributed by atoms with Gasteiger partial charge in [-0.15, -0.1) is 69.1 Å². The Morgan fingerprint density at radius 2 is 0.765 bits per heavy atom. The van der Waals surface area contributed by atoms with Crippen LogP contribution in [0.4, 0.5) is 0 Å². The minimum atomic E-state index is -1.26. The Bertz CT molecular complexity index is 2240. The summed E-state index contributed by atoms with van der Waals surface area (Å²) in [6, 6.07) is 42.6. The van der Waals surface area contributed by atoms with Crippen LogP contribution in [-0.2, 0) is 36.2 Å². The molecule has 0 aliphatic heterocycles. The summed E-state index contributed by atoms with van der Waals surface area (Å²) in [7, 11) is -2.51. The molecule has 6 heteroatoms. The van der Waals surface area contributed by atoms with Crippen LogP contribution in [0.3, 0.4) is 0 Å². The molecule has 0 aromatic heterocycles. The zero-order chi connectivity index (χ0) is 47.4. The molecule has 0 saturated heterocycles. The van der Waals surface area contributed by atoms with E-state index in [1.54, 1.807) is 34.5 Å². The Hall–Kier alpha value is -1.79. The number of hydrogen-bond acceptors (Lipinski definition) is 0. The second-order valence-corrected chi connectivity index (χ2v) is 42.8. The molecule has 2 fully saturated rings. The molecule has 2 aliphatic rings. The third kappa shape index (κ3) is 16.6. The third-order valence-electron chi connectivity index (χ3n) is 15.7. The van der Waals surface area contributed by atoms with E-state index in [-0.39, 0.29) is 30.2 Å². The molecule has 0 bridgehead atoms. The van der Waals surface area contributed by atoms with Crippen LogP contribution in [0.15, 0.2) is 109 Å². The molecular formula is C62H88Cl2Si3Zr-2. The van der Waals surface area contributed by atoms with Crippen LogP contribution in [0, 0.1) is 10.8 Å². The Balaban J connectivity index is 0.000000268. The molecule has 2 saturated carbocycles. The van der Waals surface area contributed by atoms with Crippen LogP contribution in [0.25, 0.3) is 43.8 Å². The fraction of sp³-hybridized carbons (Fsp3) is 0.516. The largest absolute Gasteiger partial charge is 1.00 e. The Morgan fingerprint density at radius 1 is 0.471 bits per heavy atom. The van der Waals surface area contributed by atoms with Gasteiger partial charge in [-0.25, -0.2) is 0 Å². The van der Waals surface area contributed by atoms with Gasteiger partial charge in [-0.1, -0.05) is 225 Å². The molecule has 0 unspecified atom stereocenters. The van der Waals surface area contributed by atoms with E-state index in [4.69, 9.17) is 0 Å². The van der Waals surface area contributed by atoms with Crippen molar-refractivity contribution >= 4 is 53.5 Å². The Kier molecular flexibility index (Phi) is 23.6. The molecule has 368 valence electrons. The van der Waals surface area contributed by atoms with Gasteiger partial charge in [0.25, 0.3) is 0 Å². The van der Waals surface area contributed by atoms with Crippen molar-refractivity contribution in [2.24, 2.45) is 10.8 Å². The first kappa shape index (κ1) is 58.8. The first-order valence-corrected chi connectivity index (χ1v) is 39.8. The van der Waals surface area contributed by atoms with Crippen LogP contribution in [0.5, 0.6) is 0 Å². The molecule has 0 heterocycles. The number of benzene rings is 4. The maximum atomic E-state index is 2.52. The van der Waals surface area contributed by atoms with Gasteiger partial charge >= 0.3 is 41.9 Å². The minimum Gasteiger partial charge on any atom is -1.00 e. The van der Waals surface area contributed by atoms with Crippen molar-refractivity contribution < 1.29 is 48.1 Å². The molecule has 8 rings (SSSR count). The average molecular weight is 1080 g/mol. The zero-order valence-corrected chi connectivity index (χ0v) is 51.3. The first-order valence-electron chi connectivity index (χ1n) is 26.6. The van der Waals surface area contributed by atoms with Gasteiger partial charge in [-0.05, 0) is 60.5 Å². The molecule has 0 N–H and O–H groups in total. The molecular weight excluding hydrogens is 991 g/mol. The summed E-state index contributed by atoms with van der Waals surface area (Å²) >= 11 is 1.74. The second-order valence-electron chi connectivity index (χ2n) is 23.3. The van der Waals surface area contributed by atoms with Crippen molar-refractivity contribution in [2.45, 2.75) is 195 Å². The third-order valence-corrected chi connectivity index (χ3v) is 19.9. The number of halogens is 2. The predicted molar refractivity (Wildman–Crippen MR) is 300 cm³/mol. The summed E-state index contributed by atoms with van der Waals surface area (Å²) in [4.78, 5) is 0. The van der Waals surface area contributed by atoms with Crippen LogP contribution >= 0.6 is 0 Å². The van der Waals surface area contributed by atoms with Crippen molar-refractivity contribution in [3.8, 4) is 22.3 Å². The summed E-state index contributed by atoms with van der Waals surface area (Å²) in [5.74, 6) is 0. The zero-order valence-electron chi connectivity index (χ0n) is 44.3. The molecule has 0 spiro atoms. The monoisotopic (exact) mass is 1080 g/mol. The summed E-state index contributed by atoms with van der Waals surface area (Å²) in [6.07, 6.45) is 28.0. The van der Waals surface area contributed by atoms with Crippen LogP contribution in [0.2, 0.25) is 52.4 Å². The normalized spacial score (nSPS) is 16.6. The number of rotatable bonds is 10. The number of fused-ring (bicyclic) bond motifs is 2. The molecule has 0 radical (unpaired) electrons. The first-order chi connectivity index (χ1) is 31.5. The van der Waals surface area contributed by atoms with Crippen molar-refractivity contribution in [2.75, 3.05) is 0 Å². The second kappa shape index (κ2) is 27.3. The molecule has 2 aliphatic carbocycles. The predicted octanol–water partition coefficient (Wildman–Crippen LogP) is 12.5. The fourth-order valence-corrected chi connectivity index (χ4v) is 13.8. The summed E-state index contributed by atoms with van der Waals surface area (Å²) in [5.41, 5.74) is 9.85. The van der Waals surface area contributed by atoms with E-state index in [2.05, 4.69) is 175 Å². The van der Waals surface area contributed by atoms with Crippen molar-refractivity contribution in [1.29, 1.82) is 0 Å². The minimum absolute atomic E-state index is 0. The smallest absolute Gasteiger partial charge is 1.00 e. The van der Waals surface area contributed by atoms with Crippen LogP contribution in [-0.4, -0.2) is 21.6 Å². The van der Waals surface area contributed by atoms with Gasteiger partial charge in [-0.2, -0.15) is 12.1 Å². The van der Waals surface area contributed by atoms with Gasteiger partial charge in [-0.3, -0.25) is 0 Å². The van der Waals surface area contributed by atoms with E-state index in [9.17, 15) is 0 Å². The standard InChI is InChI=1S/2C30H41Si.C2H6Si.2ClH.Zr/c2*1-5-30(19-10-8-6-7-9-11-20-30)23-24-21-26-13-12-14-28(29(26)22-24)25-15-17-27(18-16-25)31(2,3)4;1-3-2;;;/h2*12-18,21-22H,5-11,19-20,23H2,1-4H3;1-2H3;2*1H;/q2*-1;;;;+2/p-2. The Morgan fingerprint density at radius 3 is 1.04 bits per heavy atom. The van der Waals surface area contributed by atoms with E-state index in [0.29, 0.717) is 10.8 Å². The van der Waals surface area contributed by atoms with Gasteiger partial charge in [0, 0.05) is 0 Å².